The van der Waals surface area contributed by atoms with Crippen LogP contribution in [0.25, 0.3) is 71.3 Å². The fourth-order valence-electron chi connectivity index (χ4n) is 7.88. The first-order valence-electron chi connectivity index (χ1n) is 17.9. The number of nitrogens with zero attached hydrogens (tertiary/aromatic N) is 2. The lowest BCUT2D eigenvalue weighted by molar-refractivity contribution is 1.18. The summed E-state index contributed by atoms with van der Waals surface area (Å²) in [5.41, 5.74) is 11.7. The van der Waals surface area contributed by atoms with Gasteiger partial charge in [-0.05, 0) is 98.9 Å². The van der Waals surface area contributed by atoms with E-state index in [1.165, 1.54) is 65.6 Å². The largest absolute Gasteiger partial charge is 0.310 e. The molecule has 10 aromatic rings. The molecule has 0 spiro atoms. The maximum absolute atomic E-state index is 2.45. The molecule has 52 heavy (non-hydrogen) atoms. The average molecular weight is 663 g/mol. The van der Waals surface area contributed by atoms with Crippen molar-refractivity contribution in [2.24, 2.45) is 0 Å². The van der Waals surface area contributed by atoms with Crippen LogP contribution in [0.15, 0.2) is 206 Å². The summed E-state index contributed by atoms with van der Waals surface area (Å²) < 4.78 is 2.45. The summed E-state index contributed by atoms with van der Waals surface area (Å²) in [7, 11) is 0. The number of hydrogen-bond acceptors (Lipinski definition) is 1. The Hall–Kier alpha value is -6.90. The fourth-order valence-corrected chi connectivity index (χ4v) is 7.88. The van der Waals surface area contributed by atoms with Gasteiger partial charge in [-0.15, -0.1) is 0 Å². The van der Waals surface area contributed by atoms with Crippen LogP contribution < -0.4 is 4.90 Å². The molecule has 0 fully saturated rings. The van der Waals surface area contributed by atoms with Crippen LogP contribution in [-0.4, -0.2) is 4.57 Å². The van der Waals surface area contributed by atoms with Crippen molar-refractivity contribution in [2.75, 3.05) is 4.90 Å². The van der Waals surface area contributed by atoms with Crippen molar-refractivity contribution < 1.29 is 0 Å². The highest BCUT2D eigenvalue weighted by Gasteiger charge is 2.24. The highest BCUT2D eigenvalue weighted by Crippen LogP contribution is 2.47. The lowest BCUT2D eigenvalue weighted by Gasteiger charge is -2.27. The summed E-state index contributed by atoms with van der Waals surface area (Å²) in [5.74, 6) is 0. The van der Waals surface area contributed by atoms with Gasteiger partial charge in [-0.3, -0.25) is 0 Å². The zero-order valence-corrected chi connectivity index (χ0v) is 28.5. The smallest absolute Gasteiger partial charge is 0.0640 e. The summed E-state index contributed by atoms with van der Waals surface area (Å²) in [6.07, 6.45) is 0. The molecule has 2 heteroatoms. The van der Waals surface area contributed by atoms with Crippen LogP contribution in [0.1, 0.15) is 0 Å². The standard InChI is InChI=1S/C50H34N2/c1-3-17-42(18-4-1)51(44-29-27-37(28-30-44)40-25-23-35-13-7-9-15-38(35)33-40)48-32-31-45(41-26-24-36-14-8-10-16-39(36)34-41)50-49(48)46-21-11-12-22-47(46)52(50)43-19-5-2-6-20-43/h1-34H. The van der Waals surface area contributed by atoms with Gasteiger partial charge in [0, 0.05) is 33.4 Å². The van der Waals surface area contributed by atoms with Gasteiger partial charge in [0.25, 0.3) is 0 Å². The Balaban J connectivity index is 1.23. The molecule has 1 heterocycles. The Labute approximate surface area is 303 Å². The first-order chi connectivity index (χ1) is 25.8. The van der Waals surface area contributed by atoms with Crippen LogP contribution in [0.3, 0.4) is 0 Å². The maximum atomic E-state index is 2.45. The van der Waals surface area contributed by atoms with Crippen molar-refractivity contribution in [1.82, 2.24) is 4.57 Å². The van der Waals surface area contributed by atoms with E-state index in [2.05, 4.69) is 216 Å². The molecule has 0 aliphatic rings. The van der Waals surface area contributed by atoms with Crippen molar-refractivity contribution in [2.45, 2.75) is 0 Å². The van der Waals surface area contributed by atoms with Crippen LogP contribution in [0.4, 0.5) is 17.1 Å². The third-order valence-electron chi connectivity index (χ3n) is 10.3. The van der Waals surface area contributed by atoms with Crippen molar-refractivity contribution in [3.05, 3.63) is 206 Å². The Morgan fingerprint density at radius 3 is 1.62 bits per heavy atom. The number of hydrogen-bond donors (Lipinski definition) is 0. The van der Waals surface area contributed by atoms with Crippen molar-refractivity contribution in [1.29, 1.82) is 0 Å². The van der Waals surface area contributed by atoms with Gasteiger partial charge in [-0.1, -0.05) is 146 Å². The van der Waals surface area contributed by atoms with E-state index in [-0.39, 0.29) is 0 Å². The van der Waals surface area contributed by atoms with Crippen molar-refractivity contribution in [3.63, 3.8) is 0 Å². The molecule has 0 saturated heterocycles. The van der Waals surface area contributed by atoms with Gasteiger partial charge in [0.15, 0.2) is 0 Å². The van der Waals surface area contributed by atoms with Gasteiger partial charge >= 0.3 is 0 Å². The Bertz CT molecular complexity index is 2890. The van der Waals surface area contributed by atoms with E-state index in [1.54, 1.807) is 0 Å². The van der Waals surface area contributed by atoms with E-state index in [0.29, 0.717) is 0 Å². The molecule has 0 unspecified atom stereocenters. The van der Waals surface area contributed by atoms with E-state index < -0.39 is 0 Å². The minimum absolute atomic E-state index is 1.10. The molecular formula is C50H34N2. The molecule has 0 atom stereocenters. The number of fused-ring (bicyclic) bond motifs is 5. The molecule has 244 valence electrons. The molecule has 0 aliphatic heterocycles. The van der Waals surface area contributed by atoms with E-state index in [4.69, 9.17) is 0 Å². The Morgan fingerprint density at radius 2 is 0.904 bits per heavy atom. The molecule has 0 radical (unpaired) electrons. The van der Waals surface area contributed by atoms with E-state index in [0.717, 1.165) is 22.7 Å². The van der Waals surface area contributed by atoms with Gasteiger partial charge in [0.1, 0.15) is 0 Å². The summed E-state index contributed by atoms with van der Waals surface area (Å²) in [6, 6.07) is 74.7. The highest BCUT2D eigenvalue weighted by atomic mass is 15.1. The summed E-state index contributed by atoms with van der Waals surface area (Å²) in [6.45, 7) is 0. The lowest BCUT2D eigenvalue weighted by atomic mass is 9.97. The molecular weight excluding hydrogens is 629 g/mol. The molecule has 0 bridgehead atoms. The summed E-state index contributed by atoms with van der Waals surface area (Å²) in [4.78, 5) is 2.42. The summed E-state index contributed by atoms with van der Waals surface area (Å²) in [5, 5.41) is 7.41. The predicted molar refractivity (Wildman–Crippen MR) is 221 cm³/mol. The summed E-state index contributed by atoms with van der Waals surface area (Å²) >= 11 is 0. The van der Waals surface area contributed by atoms with Gasteiger partial charge in [-0.25, -0.2) is 0 Å². The monoisotopic (exact) mass is 662 g/mol. The first kappa shape index (κ1) is 30.0. The van der Waals surface area contributed by atoms with Gasteiger partial charge in [0.05, 0.1) is 16.7 Å². The zero-order valence-electron chi connectivity index (χ0n) is 28.5. The second kappa shape index (κ2) is 12.5. The average Bonchev–Trinajstić information content (AvgIpc) is 3.57. The SMILES string of the molecule is c1ccc(N(c2ccc(-c3ccc4ccccc4c3)cc2)c2ccc(-c3ccc4ccccc4c3)c3c2c2ccccc2n3-c2ccccc2)cc1. The van der Waals surface area contributed by atoms with E-state index in [1.807, 2.05) is 0 Å². The molecule has 9 aromatic carbocycles. The van der Waals surface area contributed by atoms with Gasteiger partial charge in [0.2, 0.25) is 0 Å². The normalized spacial score (nSPS) is 11.5. The molecule has 0 aliphatic carbocycles. The van der Waals surface area contributed by atoms with Crippen LogP contribution in [-0.2, 0) is 0 Å². The Morgan fingerprint density at radius 1 is 0.365 bits per heavy atom. The predicted octanol–water partition coefficient (Wildman–Crippen LogP) is 13.9. The van der Waals surface area contributed by atoms with E-state index in [9.17, 15) is 0 Å². The quantitative estimate of drug-likeness (QED) is 0.172. The van der Waals surface area contributed by atoms with Gasteiger partial charge < -0.3 is 9.47 Å². The number of benzene rings is 9. The number of para-hydroxylation sites is 3. The number of rotatable bonds is 6. The second-order valence-electron chi connectivity index (χ2n) is 13.4. The van der Waals surface area contributed by atoms with Crippen LogP contribution in [0.2, 0.25) is 0 Å². The van der Waals surface area contributed by atoms with Crippen LogP contribution >= 0.6 is 0 Å². The fraction of sp³-hybridized carbons (Fsp3) is 0. The minimum Gasteiger partial charge on any atom is -0.310 e. The molecule has 0 N–H and O–H groups in total. The third-order valence-corrected chi connectivity index (χ3v) is 10.3. The van der Waals surface area contributed by atoms with Crippen LogP contribution in [0.5, 0.6) is 0 Å². The van der Waals surface area contributed by atoms with Crippen molar-refractivity contribution >= 4 is 60.4 Å². The highest BCUT2D eigenvalue weighted by molar-refractivity contribution is 6.20. The molecule has 2 nitrogen and oxygen atoms in total. The van der Waals surface area contributed by atoms with Crippen molar-refractivity contribution in [3.8, 4) is 27.9 Å². The number of aromatic nitrogens is 1. The van der Waals surface area contributed by atoms with E-state index >= 15 is 0 Å². The van der Waals surface area contributed by atoms with Crippen LogP contribution in [0, 0.1) is 0 Å². The topological polar surface area (TPSA) is 8.17 Å². The second-order valence-corrected chi connectivity index (χ2v) is 13.4. The maximum Gasteiger partial charge on any atom is 0.0640 e. The molecule has 1 aromatic heterocycles. The van der Waals surface area contributed by atoms with Gasteiger partial charge in [-0.2, -0.15) is 0 Å². The molecule has 10 rings (SSSR count). The first-order valence-corrected chi connectivity index (χ1v) is 17.9. The number of anilines is 3. The zero-order chi connectivity index (χ0) is 34.4. The third kappa shape index (κ3) is 5.04. The minimum atomic E-state index is 1.10. The lowest BCUT2D eigenvalue weighted by Crippen LogP contribution is -2.10. The Kier molecular flexibility index (Phi) is 7.18. The molecule has 0 amide bonds. The molecule has 0 saturated carbocycles.